The highest BCUT2D eigenvalue weighted by atomic mass is 35.5. The highest BCUT2D eigenvalue weighted by Crippen LogP contribution is 2.23. The molecule has 1 aromatic carbocycles. The summed E-state index contributed by atoms with van der Waals surface area (Å²) in [4.78, 5) is 0. The third-order valence-corrected chi connectivity index (χ3v) is 2.42. The molecular weight excluding hydrogens is 189 g/mol. The van der Waals surface area contributed by atoms with Gasteiger partial charge in [-0.3, -0.25) is 0 Å². The molecule has 2 rings (SSSR count). The summed E-state index contributed by atoms with van der Waals surface area (Å²) in [6.45, 7) is 0.0418. The smallest absolute Gasteiger partial charge is 0.107 e. The molecule has 3 heteroatoms. The zero-order chi connectivity index (χ0) is 9.26. The van der Waals surface area contributed by atoms with E-state index in [1.165, 1.54) is 0 Å². The van der Waals surface area contributed by atoms with Crippen molar-refractivity contribution in [3.63, 3.8) is 0 Å². The number of rotatable bonds is 2. The van der Waals surface area contributed by atoms with Crippen molar-refractivity contribution in [2.45, 2.75) is 6.54 Å². The topological polar surface area (TPSA) is 4.93 Å². The molecule has 2 aromatic rings. The molecule has 0 radical (unpaired) electrons. The summed E-state index contributed by atoms with van der Waals surface area (Å²) in [6.07, 6.45) is 1.86. The van der Waals surface area contributed by atoms with Crippen molar-refractivity contribution in [2.75, 3.05) is 6.67 Å². The fourth-order valence-electron chi connectivity index (χ4n) is 1.47. The molecule has 1 heterocycles. The predicted octanol–water partition coefficient (Wildman–Crippen LogP) is 3.26. The van der Waals surface area contributed by atoms with Gasteiger partial charge < -0.3 is 4.57 Å². The fraction of sp³-hybridized carbons (Fsp3) is 0.200. The Balaban J connectivity index is 2.61. The number of hydrogen-bond acceptors (Lipinski definition) is 0. The Kier molecular flexibility index (Phi) is 2.23. The Morgan fingerprint density at radius 1 is 1.31 bits per heavy atom. The van der Waals surface area contributed by atoms with Crippen LogP contribution in [0, 0.1) is 0 Å². The molecule has 13 heavy (non-hydrogen) atoms. The van der Waals surface area contributed by atoms with Crippen LogP contribution in [0.2, 0.25) is 5.02 Å². The van der Waals surface area contributed by atoms with E-state index in [2.05, 4.69) is 0 Å². The van der Waals surface area contributed by atoms with E-state index in [1.54, 1.807) is 0 Å². The van der Waals surface area contributed by atoms with Gasteiger partial charge in [-0.05, 0) is 18.2 Å². The van der Waals surface area contributed by atoms with Crippen LogP contribution >= 0.6 is 11.6 Å². The van der Waals surface area contributed by atoms with Gasteiger partial charge in [-0.25, -0.2) is 4.39 Å². The van der Waals surface area contributed by atoms with Gasteiger partial charge in [0, 0.05) is 22.1 Å². The molecule has 0 N–H and O–H groups in total. The Morgan fingerprint density at radius 3 is 2.92 bits per heavy atom. The summed E-state index contributed by atoms with van der Waals surface area (Å²) in [6, 6.07) is 7.56. The second-order valence-corrected chi connectivity index (χ2v) is 3.28. The van der Waals surface area contributed by atoms with Gasteiger partial charge in [-0.15, -0.1) is 0 Å². The number of aromatic nitrogens is 1. The zero-order valence-electron chi connectivity index (χ0n) is 7.00. The van der Waals surface area contributed by atoms with Gasteiger partial charge in [0.25, 0.3) is 0 Å². The van der Waals surface area contributed by atoms with E-state index in [4.69, 9.17) is 11.6 Å². The van der Waals surface area contributed by atoms with Crippen LogP contribution < -0.4 is 0 Å². The first-order valence-corrected chi connectivity index (χ1v) is 4.50. The molecule has 1 nitrogen and oxygen atoms in total. The normalized spacial score (nSPS) is 10.9. The van der Waals surface area contributed by atoms with Gasteiger partial charge in [0.15, 0.2) is 0 Å². The van der Waals surface area contributed by atoms with Gasteiger partial charge in [-0.1, -0.05) is 17.7 Å². The number of hydrogen-bond donors (Lipinski definition) is 0. The Labute approximate surface area is 80.7 Å². The third-order valence-electron chi connectivity index (χ3n) is 2.09. The molecule has 0 saturated heterocycles. The van der Waals surface area contributed by atoms with E-state index < -0.39 is 0 Å². The molecule has 0 bridgehead atoms. The lowest BCUT2D eigenvalue weighted by Gasteiger charge is -2.01. The molecule has 0 fully saturated rings. The van der Waals surface area contributed by atoms with Crippen molar-refractivity contribution >= 4 is 22.5 Å². The van der Waals surface area contributed by atoms with Crippen LogP contribution in [-0.4, -0.2) is 11.2 Å². The van der Waals surface area contributed by atoms with Gasteiger partial charge in [0.1, 0.15) is 6.67 Å². The van der Waals surface area contributed by atoms with Gasteiger partial charge in [0.2, 0.25) is 0 Å². The second kappa shape index (κ2) is 3.38. The molecule has 0 aliphatic rings. The number of halogens is 2. The van der Waals surface area contributed by atoms with Crippen molar-refractivity contribution < 1.29 is 4.39 Å². The van der Waals surface area contributed by atoms with Crippen molar-refractivity contribution in [3.8, 4) is 0 Å². The molecule has 68 valence electrons. The molecular formula is C10H9ClFN. The second-order valence-electron chi connectivity index (χ2n) is 2.87. The molecule has 0 amide bonds. The van der Waals surface area contributed by atoms with Crippen LogP contribution in [0.1, 0.15) is 0 Å². The monoisotopic (exact) mass is 197 g/mol. The maximum atomic E-state index is 12.1. The molecule has 0 unspecified atom stereocenters. The lowest BCUT2D eigenvalue weighted by atomic mass is 10.2. The summed E-state index contributed by atoms with van der Waals surface area (Å²) in [5, 5.41) is 1.70. The van der Waals surface area contributed by atoms with E-state index >= 15 is 0 Å². The standard InChI is InChI=1S/C10H9ClFN/c11-9-2-1-3-10-8(9)4-6-13(10)7-5-12/h1-4,6H,5,7H2. The highest BCUT2D eigenvalue weighted by Gasteiger charge is 2.02. The maximum Gasteiger partial charge on any atom is 0.107 e. The van der Waals surface area contributed by atoms with Gasteiger partial charge in [0.05, 0.1) is 6.54 Å². The van der Waals surface area contributed by atoms with Crippen LogP contribution in [0.3, 0.4) is 0 Å². The minimum atomic E-state index is -0.351. The molecule has 0 aliphatic heterocycles. The average Bonchev–Trinajstić information content (AvgIpc) is 2.51. The Hall–Kier alpha value is -1.02. The van der Waals surface area contributed by atoms with Crippen molar-refractivity contribution in [3.05, 3.63) is 35.5 Å². The minimum Gasteiger partial charge on any atom is -0.345 e. The molecule has 0 saturated carbocycles. The molecule has 1 aromatic heterocycles. The molecule has 0 aliphatic carbocycles. The van der Waals surface area contributed by atoms with E-state index in [0.29, 0.717) is 6.54 Å². The van der Waals surface area contributed by atoms with Crippen LogP contribution in [0.5, 0.6) is 0 Å². The Bertz CT molecular complexity index is 422. The number of aryl methyl sites for hydroxylation is 1. The predicted molar refractivity (Wildman–Crippen MR) is 52.9 cm³/mol. The summed E-state index contributed by atoms with van der Waals surface area (Å²) >= 11 is 5.96. The van der Waals surface area contributed by atoms with E-state index in [1.807, 2.05) is 35.0 Å². The van der Waals surface area contributed by atoms with Crippen molar-refractivity contribution in [1.29, 1.82) is 0 Å². The average molecular weight is 198 g/mol. The van der Waals surface area contributed by atoms with Crippen LogP contribution in [0.25, 0.3) is 10.9 Å². The highest BCUT2D eigenvalue weighted by molar-refractivity contribution is 6.35. The summed E-state index contributed by atoms with van der Waals surface area (Å²) in [5.74, 6) is 0. The first-order chi connectivity index (χ1) is 6.33. The van der Waals surface area contributed by atoms with Crippen LogP contribution in [-0.2, 0) is 6.54 Å². The SMILES string of the molecule is FCCn1ccc2c(Cl)cccc21. The van der Waals surface area contributed by atoms with E-state index in [-0.39, 0.29) is 6.67 Å². The van der Waals surface area contributed by atoms with Gasteiger partial charge >= 0.3 is 0 Å². The van der Waals surface area contributed by atoms with Crippen molar-refractivity contribution in [2.24, 2.45) is 0 Å². The molecule has 0 spiro atoms. The lowest BCUT2D eigenvalue weighted by Crippen LogP contribution is -1.96. The lowest BCUT2D eigenvalue weighted by molar-refractivity contribution is 0.451. The summed E-state index contributed by atoms with van der Waals surface area (Å²) in [7, 11) is 0. The minimum absolute atomic E-state index is 0.351. The van der Waals surface area contributed by atoms with E-state index in [0.717, 1.165) is 15.9 Å². The largest absolute Gasteiger partial charge is 0.345 e. The van der Waals surface area contributed by atoms with Crippen LogP contribution in [0.15, 0.2) is 30.5 Å². The van der Waals surface area contributed by atoms with Crippen LogP contribution in [0.4, 0.5) is 4.39 Å². The van der Waals surface area contributed by atoms with Gasteiger partial charge in [-0.2, -0.15) is 0 Å². The summed E-state index contributed by atoms with van der Waals surface area (Å²) < 4.78 is 14.0. The number of alkyl halides is 1. The summed E-state index contributed by atoms with van der Waals surface area (Å²) in [5.41, 5.74) is 0.991. The fourth-order valence-corrected chi connectivity index (χ4v) is 1.70. The number of nitrogens with zero attached hydrogens (tertiary/aromatic N) is 1. The molecule has 0 atom stereocenters. The quantitative estimate of drug-likeness (QED) is 0.697. The van der Waals surface area contributed by atoms with Crippen molar-refractivity contribution in [1.82, 2.24) is 4.57 Å². The Morgan fingerprint density at radius 2 is 2.15 bits per heavy atom. The number of benzene rings is 1. The zero-order valence-corrected chi connectivity index (χ0v) is 7.76. The van der Waals surface area contributed by atoms with E-state index in [9.17, 15) is 4.39 Å². The first kappa shape index (κ1) is 8.57. The number of fused-ring (bicyclic) bond motifs is 1. The third kappa shape index (κ3) is 1.42. The first-order valence-electron chi connectivity index (χ1n) is 4.12. The maximum absolute atomic E-state index is 12.1.